The van der Waals surface area contributed by atoms with Gasteiger partial charge in [0.05, 0.1) is 5.56 Å². The van der Waals surface area contributed by atoms with Crippen LogP contribution in [0, 0.1) is 6.92 Å². The molecule has 4 N–H and O–H groups in total. The minimum atomic E-state index is -0.0530. The van der Waals surface area contributed by atoms with Crippen molar-refractivity contribution in [2.45, 2.75) is 77.7 Å². The van der Waals surface area contributed by atoms with Gasteiger partial charge in [0, 0.05) is 25.8 Å². The maximum atomic E-state index is 13.4. The first-order valence-electron chi connectivity index (χ1n) is 12.0. The lowest BCUT2D eigenvalue weighted by Crippen LogP contribution is -2.35. The summed E-state index contributed by atoms with van der Waals surface area (Å²) in [5.41, 5.74) is 16.9. The van der Waals surface area contributed by atoms with Crippen LogP contribution in [-0.2, 0) is 17.4 Å². The van der Waals surface area contributed by atoms with Crippen molar-refractivity contribution in [1.29, 1.82) is 0 Å². The van der Waals surface area contributed by atoms with E-state index in [-0.39, 0.29) is 22.7 Å². The molecule has 0 radical (unpaired) electrons. The topological polar surface area (TPSA) is 97.6 Å². The number of aromatic nitrogens is 1. The summed E-state index contributed by atoms with van der Waals surface area (Å²) in [4.78, 5) is 23.5. The zero-order valence-corrected chi connectivity index (χ0v) is 21.9. The SMILES string of the molecule is Cc1cc2c(cc1CN(CCCCN=C(N)N)C(=O)c1ccc(Cl)nc1)C(C)(C)CCC2(C)C. The van der Waals surface area contributed by atoms with E-state index < -0.39 is 0 Å². The zero-order chi connectivity index (χ0) is 25.1. The number of aliphatic imine (C=N–C) groups is 1. The first kappa shape index (κ1) is 26.0. The first-order chi connectivity index (χ1) is 15.9. The van der Waals surface area contributed by atoms with E-state index in [9.17, 15) is 4.79 Å². The molecule has 0 saturated carbocycles. The van der Waals surface area contributed by atoms with Crippen molar-refractivity contribution < 1.29 is 4.79 Å². The molecular weight excluding hydrogens is 446 g/mol. The number of fused-ring (bicyclic) bond motifs is 1. The number of aryl methyl sites for hydroxylation is 1. The van der Waals surface area contributed by atoms with Crippen molar-refractivity contribution >= 4 is 23.5 Å². The molecule has 7 heteroatoms. The van der Waals surface area contributed by atoms with Gasteiger partial charge in [-0.15, -0.1) is 0 Å². The molecule has 0 unspecified atom stereocenters. The first-order valence-corrected chi connectivity index (χ1v) is 12.4. The van der Waals surface area contributed by atoms with Crippen molar-refractivity contribution in [2.24, 2.45) is 16.5 Å². The third-order valence-electron chi connectivity index (χ3n) is 7.06. The van der Waals surface area contributed by atoms with Gasteiger partial charge < -0.3 is 16.4 Å². The van der Waals surface area contributed by atoms with Crippen molar-refractivity contribution in [3.05, 3.63) is 63.4 Å². The van der Waals surface area contributed by atoms with E-state index >= 15 is 0 Å². The average molecular weight is 484 g/mol. The maximum Gasteiger partial charge on any atom is 0.255 e. The number of carbonyl (C=O) groups is 1. The summed E-state index contributed by atoms with van der Waals surface area (Å²) >= 11 is 5.94. The third-order valence-corrected chi connectivity index (χ3v) is 7.29. The van der Waals surface area contributed by atoms with Crippen LogP contribution in [0.4, 0.5) is 0 Å². The number of unbranched alkanes of at least 4 members (excludes halogenated alkanes) is 1. The summed E-state index contributed by atoms with van der Waals surface area (Å²) in [6, 6.07) is 8.07. The number of amides is 1. The summed E-state index contributed by atoms with van der Waals surface area (Å²) in [6.07, 6.45) is 5.47. The number of pyridine rings is 1. The molecule has 3 rings (SSSR count). The summed E-state index contributed by atoms with van der Waals surface area (Å²) < 4.78 is 0. The van der Waals surface area contributed by atoms with E-state index in [2.05, 4.69) is 56.7 Å². The zero-order valence-electron chi connectivity index (χ0n) is 21.1. The second-order valence-electron chi connectivity index (χ2n) is 10.7. The van der Waals surface area contributed by atoms with Gasteiger partial charge in [-0.05, 0) is 77.8 Å². The molecule has 1 amide bonds. The van der Waals surface area contributed by atoms with Crippen LogP contribution in [0.15, 0.2) is 35.5 Å². The number of rotatable bonds is 8. The highest BCUT2D eigenvalue weighted by molar-refractivity contribution is 6.29. The predicted octanol–water partition coefficient (Wildman–Crippen LogP) is 5.09. The van der Waals surface area contributed by atoms with Gasteiger partial charge in [0.1, 0.15) is 5.15 Å². The van der Waals surface area contributed by atoms with Gasteiger partial charge in [-0.1, -0.05) is 51.4 Å². The Morgan fingerprint density at radius 1 is 1.09 bits per heavy atom. The Kier molecular flexibility index (Phi) is 7.91. The molecular formula is C27H38ClN5O. The lowest BCUT2D eigenvalue weighted by molar-refractivity contribution is 0.0739. The number of nitrogens with two attached hydrogens (primary N) is 2. The highest BCUT2D eigenvalue weighted by Crippen LogP contribution is 2.46. The van der Waals surface area contributed by atoms with E-state index in [1.807, 2.05) is 4.90 Å². The summed E-state index contributed by atoms with van der Waals surface area (Å²) in [6.45, 7) is 13.2. The number of nitrogens with zero attached hydrogens (tertiary/aromatic N) is 3. The lowest BCUT2D eigenvalue weighted by Gasteiger charge is -2.42. The fourth-order valence-corrected chi connectivity index (χ4v) is 4.81. The smallest absolute Gasteiger partial charge is 0.255 e. The van der Waals surface area contributed by atoms with Gasteiger partial charge in [-0.25, -0.2) is 4.98 Å². The van der Waals surface area contributed by atoms with Crippen LogP contribution >= 0.6 is 11.6 Å². The van der Waals surface area contributed by atoms with Gasteiger partial charge >= 0.3 is 0 Å². The largest absolute Gasteiger partial charge is 0.370 e. The minimum Gasteiger partial charge on any atom is -0.370 e. The van der Waals surface area contributed by atoms with Crippen molar-refractivity contribution in [3.8, 4) is 0 Å². The molecule has 6 nitrogen and oxygen atoms in total. The summed E-state index contributed by atoms with van der Waals surface area (Å²) in [5, 5.41) is 0.371. The monoisotopic (exact) mass is 483 g/mol. The molecule has 1 aromatic heterocycles. The quantitative estimate of drug-likeness (QED) is 0.236. The summed E-state index contributed by atoms with van der Waals surface area (Å²) in [5.74, 6) is 0.0399. The molecule has 2 aromatic rings. The Labute approximate surface area is 208 Å². The van der Waals surface area contributed by atoms with E-state index in [1.165, 1.54) is 28.7 Å². The van der Waals surface area contributed by atoms with Gasteiger partial charge in [-0.3, -0.25) is 9.79 Å². The van der Waals surface area contributed by atoms with E-state index in [1.54, 1.807) is 18.3 Å². The van der Waals surface area contributed by atoms with Crippen LogP contribution in [0.5, 0.6) is 0 Å². The van der Waals surface area contributed by atoms with Gasteiger partial charge in [0.15, 0.2) is 5.96 Å². The molecule has 0 spiro atoms. The molecule has 1 aliphatic carbocycles. The van der Waals surface area contributed by atoms with E-state index in [0.29, 0.717) is 30.4 Å². The minimum absolute atomic E-state index is 0.0530. The summed E-state index contributed by atoms with van der Waals surface area (Å²) in [7, 11) is 0. The Morgan fingerprint density at radius 2 is 1.74 bits per heavy atom. The van der Waals surface area contributed by atoms with Crippen LogP contribution in [0.25, 0.3) is 0 Å². The van der Waals surface area contributed by atoms with Crippen LogP contribution < -0.4 is 11.5 Å². The molecule has 0 aliphatic heterocycles. The highest BCUT2D eigenvalue weighted by atomic mass is 35.5. The van der Waals surface area contributed by atoms with Crippen molar-refractivity contribution in [2.75, 3.05) is 13.1 Å². The number of halogens is 1. The van der Waals surface area contributed by atoms with Crippen molar-refractivity contribution in [1.82, 2.24) is 9.88 Å². The fourth-order valence-electron chi connectivity index (χ4n) is 4.70. The Bertz CT molecular complexity index is 1060. The number of guanidine groups is 1. The molecule has 184 valence electrons. The Hall–Kier alpha value is -2.60. The fraction of sp³-hybridized carbons (Fsp3) is 0.519. The standard InChI is InChI=1S/C27H38ClN5O/c1-18-14-21-22(27(4,5)11-10-26(21,2)3)15-20(18)17-33(13-7-6-12-31-25(29)30)24(34)19-8-9-23(28)32-16-19/h8-9,14-16H,6-7,10-13,17H2,1-5H3,(H4,29,30,31). The van der Waals surface area contributed by atoms with Gasteiger partial charge in [0.2, 0.25) is 0 Å². The second kappa shape index (κ2) is 10.3. The molecule has 0 bridgehead atoms. The molecule has 1 aromatic carbocycles. The second-order valence-corrected chi connectivity index (χ2v) is 11.1. The number of carbonyl (C=O) groups excluding carboxylic acids is 1. The Balaban J connectivity index is 1.90. The number of benzene rings is 1. The molecule has 0 fully saturated rings. The lowest BCUT2D eigenvalue weighted by atomic mass is 9.62. The maximum absolute atomic E-state index is 13.4. The highest BCUT2D eigenvalue weighted by Gasteiger charge is 2.37. The molecule has 34 heavy (non-hydrogen) atoms. The molecule has 0 atom stereocenters. The molecule has 1 heterocycles. The van der Waals surface area contributed by atoms with Crippen LogP contribution in [0.3, 0.4) is 0 Å². The van der Waals surface area contributed by atoms with Crippen LogP contribution in [-0.4, -0.2) is 34.8 Å². The normalized spacial score (nSPS) is 15.9. The van der Waals surface area contributed by atoms with Gasteiger partial charge in [0.25, 0.3) is 5.91 Å². The van der Waals surface area contributed by atoms with Crippen molar-refractivity contribution in [3.63, 3.8) is 0 Å². The van der Waals surface area contributed by atoms with Crippen LogP contribution in [0.1, 0.15) is 86.0 Å². The average Bonchev–Trinajstić information content (AvgIpc) is 2.76. The van der Waals surface area contributed by atoms with Gasteiger partial charge in [-0.2, -0.15) is 0 Å². The Morgan fingerprint density at radius 3 is 2.32 bits per heavy atom. The molecule has 0 saturated heterocycles. The van der Waals surface area contributed by atoms with E-state index in [4.69, 9.17) is 23.1 Å². The molecule has 1 aliphatic rings. The number of hydrogen-bond acceptors (Lipinski definition) is 3. The third kappa shape index (κ3) is 6.09. The predicted molar refractivity (Wildman–Crippen MR) is 140 cm³/mol. The van der Waals surface area contributed by atoms with Crippen LogP contribution in [0.2, 0.25) is 5.15 Å². The number of hydrogen-bond donors (Lipinski definition) is 2. The van der Waals surface area contributed by atoms with E-state index in [0.717, 1.165) is 19.3 Å².